The fraction of sp³-hybridized carbons (Fsp3) is 0.438. The first-order valence-corrected chi connectivity index (χ1v) is 7.67. The van der Waals surface area contributed by atoms with Crippen LogP contribution in [0.25, 0.3) is 0 Å². The summed E-state index contributed by atoms with van der Waals surface area (Å²) in [5.74, 6) is 1.52. The Bertz CT molecular complexity index is 508. The molecule has 19 heavy (non-hydrogen) atoms. The fourth-order valence-corrected chi connectivity index (χ4v) is 3.50. The summed E-state index contributed by atoms with van der Waals surface area (Å²) >= 11 is 3.43. The third kappa shape index (κ3) is 2.62. The Morgan fingerprint density at radius 3 is 2.58 bits per heavy atom. The number of allylic oxidation sites excluding steroid dienone is 2. The normalized spacial score (nSPS) is 29.5. The van der Waals surface area contributed by atoms with E-state index in [9.17, 15) is 4.79 Å². The molecule has 3 heteroatoms. The van der Waals surface area contributed by atoms with Gasteiger partial charge in [0.1, 0.15) is 0 Å². The first-order valence-electron chi connectivity index (χ1n) is 6.87. The highest BCUT2D eigenvalue weighted by Crippen LogP contribution is 2.43. The molecule has 2 aliphatic carbocycles. The lowest BCUT2D eigenvalue weighted by atomic mass is 9.92. The molecule has 100 valence electrons. The second kappa shape index (κ2) is 5.12. The molecule has 2 aliphatic rings. The fourth-order valence-electron chi connectivity index (χ4n) is 3.24. The second-order valence-corrected chi connectivity index (χ2v) is 6.58. The van der Waals surface area contributed by atoms with Crippen LogP contribution < -0.4 is 5.32 Å². The highest BCUT2D eigenvalue weighted by molar-refractivity contribution is 9.10. The summed E-state index contributed by atoms with van der Waals surface area (Å²) in [4.78, 5) is 12.3. The van der Waals surface area contributed by atoms with E-state index in [0.717, 1.165) is 16.5 Å². The van der Waals surface area contributed by atoms with Gasteiger partial charge in [-0.3, -0.25) is 4.79 Å². The van der Waals surface area contributed by atoms with E-state index in [1.165, 1.54) is 6.42 Å². The van der Waals surface area contributed by atoms with E-state index >= 15 is 0 Å². The molecular formula is C16H18BrNO. The van der Waals surface area contributed by atoms with E-state index < -0.39 is 0 Å². The van der Waals surface area contributed by atoms with Crippen molar-refractivity contribution in [3.05, 3.63) is 46.5 Å². The van der Waals surface area contributed by atoms with Crippen LogP contribution in [0.3, 0.4) is 0 Å². The van der Waals surface area contributed by atoms with Gasteiger partial charge in [-0.15, -0.1) is 0 Å². The summed E-state index contributed by atoms with van der Waals surface area (Å²) in [5.41, 5.74) is 1.15. The Hall–Kier alpha value is -1.09. The van der Waals surface area contributed by atoms with Gasteiger partial charge in [0.05, 0.1) is 6.04 Å². The molecule has 1 N–H and O–H groups in total. The van der Waals surface area contributed by atoms with Gasteiger partial charge in [0, 0.05) is 10.4 Å². The topological polar surface area (TPSA) is 29.1 Å². The minimum Gasteiger partial charge on any atom is -0.349 e. The number of carbonyl (C=O) groups is 1. The molecule has 3 rings (SSSR count). The maximum atomic E-state index is 12.3. The molecule has 0 radical (unpaired) electrons. The lowest BCUT2D eigenvalue weighted by Gasteiger charge is -2.21. The van der Waals surface area contributed by atoms with Crippen molar-refractivity contribution in [3.63, 3.8) is 0 Å². The monoisotopic (exact) mass is 319 g/mol. The van der Waals surface area contributed by atoms with E-state index in [0.29, 0.717) is 11.8 Å². The number of carbonyl (C=O) groups excluding carboxylic acids is 1. The maximum Gasteiger partial charge on any atom is 0.224 e. The molecule has 1 amide bonds. The Kier molecular flexibility index (Phi) is 3.48. The molecule has 0 spiro atoms. The largest absolute Gasteiger partial charge is 0.349 e. The molecule has 1 fully saturated rings. The van der Waals surface area contributed by atoms with Crippen LogP contribution in [-0.4, -0.2) is 5.91 Å². The molecule has 2 bridgehead atoms. The molecule has 2 nitrogen and oxygen atoms in total. The van der Waals surface area contributed by atoms with Gasteiger partial charge in [0.25, 0.3) is 0 Å². The average molecular weight is 320 g/mol. The number of benzene rings is 1. The number of nitrogens with one attached hydrogen (secondary N) is 1. The van der Waals surface area contributed by atoms with Crippen molar-refractivity contribution in [3.8, 4) is 0 Å². The number of rotatable bonds is 3. The van der Waals surface area contributed by atoms with Crippen LogP contribution >= 0.6 is 15.9 Å². The minimum atomic E-state index is 0.0729. The Labute approximate surface area is 122 Å². The zero-order valence-corrected chi connectivity index (χ0v) is 12.6. The zero-order chi connectivity index (χ0) is 13.4. The van der Waals surface area contributed by atoms with Crippen molar-refractivity contribution in [1.29, 1.82) is 0 Å². The molecular weight excluding hydrogens is 302 g/mol. The number of amides is 1. The predicted octanol–water partition coefficient (Wildman–Crippen LogP) is 3.84. The van der Waals surface area contributed by atoms with Gasteiger partial charge in [-0.1, -0.05) is 40.2 Å². The van der Waals surface area contributed by atoms with Crippen molar-refractivity contribution in [2.75, 3.05) is 0 Å². The number of hydrogen-bond donors (Lipinski definition) is 1. The highest BCUT2D eigenvalue weighted by atomic mass is 79.9. The third-order valence-electron chi connectivity index (χ3n) is 4.34. The summed E-state index contributed by atoms with van der Waals surface area (Å²) in [5, 5.41) is 3.15. The van der Waals surface area contributed by atoms with Crippen LogP contribution in [0.5, 0.6) is 0 Å². The molecule has 4 unspecified atom stereocenters. The number of hydrogen-bond acceptors (Lipinski definition) is 1. The molecule has 0 saturated heterocycles. The van der Waals surface area contributed by atoms with Gasteiger partial charge in [-0.05, 0) is 49.3 Å². The molecule has 1 saturated carbocycles. The Morgan fingerprint density at radius 2 is 2.00 bits per heavy atom. The quantitative estimate of drug-likeness (QED) is 0.843. The van der Waals surface area contributed by atoms with Gasteiger partial charge in [-0.25, -0.2) is 0 Å². The van der Waals surface area contributed by atoms with Crippen molar-refractivity contribution in [2.24, 2.45) is 17.8 Å². The van der Waals surface area contributed by atoms with E-state index in [1.807, 2.05) is 19.1 Å². The van der Waals surface area contributed by atoms with Gasteiger partial charge in [-0.2, -0.15) is 0 Å². The van der Waals surface area contributed by atoms with E-state index in [2.05, 4.69) is 45.5 Å². The highest BCUT2D eigenvalue weighted by Gasteiger charge is 2.39. The predicted molar refractivity (Wildman–Crippen MR) is 79.5 cm³/mol. The maximum absolute atomic E-state index is 12.3. The van der Waals surface area contributed by atoms with Crippen molar-refractivity contribution in [1.82, 2.24) is 5.32 Å². The SMILES string of the molecule is CC(NC(=O)C1CC2C=CC1C2)c1ccc(Br)cc1. The summed E-state index contributed by atoms with van der Waals surface area (Å²) in [6.07, 6.45) is 6.69. The van der Waals surface area contributed by atoms with Gasteiger partial charge in [0.15, 0.2) is 0 Å². The van der Waals surface area contributed by atoms with Crippen molar-refractivity contribution >= 4 is 21.8 Å². The second-order valence-electron chi connectivity index (χ2n) is 5.67. The van der Waals surface area contributed by atoms with Crippen LogP contribution in [0.1, 0.15) is 31.4 Å². The Morgan fingerprint density at radius 1 is 1.26 bits per heavy atom. The van der Waals surface area contributed by atoms with Crippen LogP contribution in [0.15, 0.2) is 40.9 Å². The van der Waals surface area contributed by atoms with Crippen molar-refractivity contribution < 1.29 is 4.79 Å². The van der Waals surface area contributed by atoms with E-state index in [1.54, 1.807) is 0 Å². The van der Waals surface area contributed by atoms with Crippen LogP contribution in [0.2, 0.25) is 0 Å². The van der Waals surface area contributed by atoms with Crippen molar-refractivity contribution in [2.45, 2.75) is 25.8 Å². The van der Waals surface area contributed by atoms with E-state index in [4.69, 9.17) is 0 Å². The number of fused-ring (bicyclic) bond motifs is 2. The zero-order valence-electron chi connectivity index (χ0n) is 11.0. The van der Waals surface area contributed by atoms with Gasteiger partial charge >= 0.3 is 0 Å². The lowest BCUT2D eigenvalue weighted by Crippen LogP contribution is -2.34. The molecule has 0 aliphatic heterocycles. The average Bonchev–Trinajstić information content (AvgIpc) is 3.01. The summed E-state index contributed by atoms with van der Waals surface area (Å²) < 4.78 is 1.06. The summed E-state index contributed by atoms with van der Waals surface area (Å²) in [6.45, 7) is 2.05. The lowest BCUT2D eigenvalue weighted by molar-refractivity contribution is -0.126. The molecule has 0 aromatic heterocycles. The summed E-state index contributed by atoms with van der Waals surface area (Å²) in [6, 6.07) is 8.20. The smallest absolute Gasteiger partial charge is 0.224 e. The molecule has 1 aromatic rings. The van der Waals surface area contributed by atoms with Crippen LogP contribution in [-0.2, 0) is 4.79 Å². The van der Waals surface area contributed by atoms with Gasteiger partial charge < -0.3 is 5.32 Å². The van der Waals surface area contributed by atoms with Gasteiger partial charge in [0.2, 0.25) is 5.91 Å². The third-order valence-corrected chi connectivity index (χ3v) is 4.87. The molecule has 1 aromatic carbocycles. The summed E-state index contributed by atoms with van der Waals surface area (Å²) in [7, 11) is 0. The standard InChI is InChI=1S/C16H18BrNO/c1-10(12-4-6-14(17)7-5-12)18-16(19)15-9-11-2-3-13(15)8-11/h2-7,10-11,13,15H,8-9H2,1H3,(H,18,19). The van der Waals surface area contributed by atoms with Crippen LogP contribution in [0, 0.1) is 17.8 Å². The molecule has 4 atom stereocenters. The molecule has 0 heterocycles. The van der Waals surface area contributed by atoms with E-state index in [-0.39, 0.29) is 17.9 Å². The Balaban J connectivity index is 1.63. The number of halogens is 1. The first kappa shape index (κ1) is 12.9. The first-order chi connectivity index (χ1) is 9.13. The minimum absolute atomic E-state index is 0.0729. The van der Waals surface area contributed by atoms with Crippen LogP contribution in [0.4, 0.5) is 0 Å².